The Morgan fingerprint density at radius 2 is 1.71 bits per heavy atom. The van der Waals surface area contributed by atoms with E-state index in [9.17, 15) is 27.7 Å². The SMILES string of the molecule is Cc1cc(S(=O)(=O)Nc2ccc(C(=O)Nc3cccc([N+](=O)[O-])c3C)cc2)ccc1F. The van der Waals surface area contributed by atoms with Gasteiger partial charge in [0.1, 0.15) is 5.82 Å². The van der Waals surface area contributed by atoms with Crippen LogP contribution in [0.15, 0.2) is 65.6 Å². The monoisotopic (exact) mass is 443 g/mol. The zero-order valence-corrected chi connectivity index (χ0v) is 17.4. The molecule has 3 rings (SSSR count). The number of anilines is 2. The summed E-state index contributed by atoms with van der Waals surface area (Å²) in [4.78, 5) is 22.9. The first-order chi connectivity index (χ1) is 14.6. The number of benzene rings is 3. The van der Waals surface area contributed by atoms with E-state index in [1.54, 1.807) is 6.07 Å². The standard InChI is InChI=1S/C21H18FN3O5S/c1-13-12-17(10-11-18(13)22)31(29,30)24-16-8-6-15(7-9-16)21(26)23-19-4-3-5-20(14(19)2)25(27)28/h3-12,24H,1-2H3,(H,23,26). The number of halogens is 1. The van der Waals surface area contributed by atoms with Gasteiger partial charge in [-0.15, -0.1) is 0 Å². The van der Waals surface area contributed by atoms with Crippen molar-refractivity contribution in [2.24, 2.45) is 0 Å². The first kappa shape index (κ1) is 21.9. The second kappa shape index (κ2) is 8.52. The fraction of sp³-hybridized carbons (Fsp3) is 0.0952. The minimum Gasteiger partial charge on any atom is -0.321 e. The lowest BCUT2D eigenvalue weighted by atomic mass is 10.1. The van der Waals surface area contributed by atoms with Gasteiger partial charge in [0.05, 0.1) is 21.1 Å². The number of amides is 1. The molecule has 2 N–H and O–H groups in total. The van der Waals surface area contributed by atoms with Crippen molar-refractivity contribution in [3.8, 4) is 0 Å². The highest BCUT2D eigenvalue weighted by Crippen LogP contribution is 2.26. The number of rotatable bonds is 6. The average molecular weight is 443 g/mol. The van der Waals surface area contributed by atoms with Crippen LogP contribution in [0.4, 0.5) is 21.5 Å². The second-order valence-electron chi connectivity index (χ2n) is 6.75. The number of hydrogen-bond acceptors (Lipinski definition) is 5. The van der Waals surface area contributed by atoms with Crippen LogP contribution in [0.1, 0.15) is 21.5 Å². The van der Waals surface area contributed by atoms with Crippen molar-refractivity contribution < 1.29 is 22.5 Å². The van der Waals surface area contributed by atoms with E-state index in [1.165, 1.54) is 56.3 Å². The summed E-state index contributed by atoms with van der Waals surface area (Å²) in [7, 11) is -3.93. The maximum Gasteiger partial charge on any atom is 0.274 e. The highest BCUT2D eigenvalue weighted by atomic mass is 32.2. The van der Waals surface area contributed by atoms with Crippen molar-refractivity contribution in [3.63, 3.8) is 0 Å². The summed E-state index contributed by atoms with van der Waals surface area (Å²) < 4.78 is 40.7. The van der Waals surface area contributed by atoms with Crippen LogP contribution in [-0.4, -0.2) is 19.2 Å². The third-order valence-corrected chi connectivity index (χ3v) is 5.97. The van der Waals surface area contributed by atoms with Crippen molar-refractivity contribution in [3.05, 3.63) is 93.3 Å². The van der Waals surface area contributed by atoms with E-state index in [0.717, 1.165) is 12.1 Å². The molecule has 10 heteroatoms. The Balaban J connectivity index is 1.75. The lowest BCUT2D eigenvalue weighted by molar-refractivity contribution is -0.385. The van der Waals surface area contributed by atoms with E-state index in [2.05, 4.69) is 10.0 Å². The topological polar surface area (TPSA) is 118 Å². The van der Waals surface area contributed by atoms with Gasteiger partial charge in [0.15, 0.2) is 0 Å². The molecule has 0 fully saturated rings. The number of nitro benzene ring substituents is 1. The summed E-state index contributed by atoms with van der Waals surface area (Å²) in [6, 6.07) is 13.5. The molecule has 1 amide bonds. The van der Waals surface area contributed by atoms with E-state index in [1.807, 2.05) is 0 Å². The van der Waals surface area contributed by atoms with Crippen LogP contribution >= 0.6 is 0 Å². The van der Waals surface area contributed by atoms with Crippen molar-refractivity contribution in [1.82, 2.24) is 0 Å². The molecule has 3 aromatic carbocycles. The summed E-state index contributed by atoms with van der Waals surface area (Å²) in [5, 5.41) is 13.6. The number of carbonyl (C=O) groups excluding carboxylic acids is 1. The molecule has 0 radical (unpaired) electrons. The maximum atomic E-state index is 13.4. The van der Waals surface area contributed by atoms with Gasteiger partial charge in [-0.05, 0) is 67.9 Å². The molecule has 160 valence electrons. The minimum atomic E-state index is -3.93. The van der Waals surface area contributed by atoms with Crippen molar-refractivity contribution >= 4 is 33.0 Å². The molecule has 0 aliphatic carbocycles. The minimum absolute atomic E-state index is 0.0885. The molecule has 0 spiro atoms. The zero-order chi connectivity index (χ0) is 22.8. The van der Waals surface area contributed by atoms with E-state index in [0.29, 0.717) is 11.3 Å². The average Bonchev–Trinajstić information content (AvgIpc) is 2.71. The van der Waals surface area contributed by atoms with Crippen molar-refractivity contribution in [1.29, 1.82) is 0 Å². The Kier molecular flexibility index (Phi) is 6.02. The summed E-state index contributed by atoms with van der Waals surface area (Å²) >= 11 is 0. The van der Waals surface area contributed by atoms with E-state index in [-0.39, 0.29) is 27.4 Å². The van der Waals surface area contributed by atoms with E-state index >= 15 is 0 Å². The van der Waals surface area contributed by atoms with Crippen LogP contribution in [0, 0.1) is 29.8 Å². The van der Waals surface area contributed by atoms with Crippen LogP contribution in [0.5, 0.6) is 0 Å². The molecule has 0 heterocycles. The number of hydrogen-bond donors (Lipinski definition) is 2. The van der Waals surface area contributed by atoms with Gasteiger partial charge in [0, 0.05) is 17.3 Å². The highest BCUT2D eigenvalue weighted by Gasteiger charge is 2.17. The molecule has 31 heavy (non-hydrogen) atoms. The third kappa shape index (κ3) is 4.86. The number of nitrogens with one attached hydrogen (secondary N) is 2. The number of nitrogens with zero attached hydrogens (tertiary/aromatic N) is 1. The quantitative estimate of drug-likeness (QED) is 0.432. The largest absolute Gasteiger partial charge is 0.321 e. The summed E-state index contributed by atoms with van der Waals surface area (Å²) in [5.74, 6) is -1.01. The van der Waals surface area contributed by atoms with Gasteiger partial charge in [0.25, 0.3) is 21.6 Å². The summed E-state index contributed by atoms with van der Waals surface area (Å²) in [6.07, 6.45) is 0. The molecule has 0 aromatic heterocycles. The Bertz CT molecular complexity index is 1270. The van der Waals surface area contributed by atoms with Crippen LogP contribution < -0.4 is 10.0 Å². The van der Waals surface area contributed by atoms with Crippen molar-refractivity contribution in [2.75, 3.05) is 10.0 Å². The van der Waals surface area contributed by atoms with Crippen molar-refractivity contribution in [2.45, 2.75) is 18.7 Å². The number of nitro groups is 1. The Labute approximate surface area is 177 Å². The molecule has 0 saturated heterocycles. The van der Waals surface area contributed by atoms with Gasteiger partial charge in [-0.1, -0.05) is 6.07 Å². The molecular formula is C21H18FN3O5S. The third-order valence-electron chi connectivity index (χ3n) is 4.59. The smallest absolute Gasteiger partial charge is 0.274 e. The zero-order valence-electron chi connectivity index (χ0n) is 16.5. The molecule has 0 saturated carbocycles. The van der Waals surface area contributed by atoms with Crippen LogP contribution in [-0.2, 0) is 10.0 Å². The van der Waals surface area contributed by atoms with Crippen LogP contribution in [0.2, 0.25) is 0 Å². The first-order valence-corrected chi connectivity index (χ1v) is 10.5. The first-order valence-electron chi connectivity index (χ1n) is 9.03. The molecule has 0 aliphatic rings. The summed E-state index contributed by atoms with van der Waals surface area (Å²) in [6.45, 7) is 2.99. The molecular weight excluding hydrogens is 425 g/mol. The van der Waals surface area contributed by atoms with Crippen LogP contribution in [0.3, 0.4) is 0 Å². The second-order valence-corrected chi connectivity index (χ2v) is 8.44. The fourth-order valence-electron chi connectivity index (χ4n) is 2.84. The Morgan fingerprint density at radius 1 is 1.03 bits per heavy atom. The van der Waals surface area contributed by atoms with E-state index < -0.39 is 26.7 Å². The van der Waals surface area contributed by atoms with Gasteiger partial charge in [-0.25, -0.2) is 12.8 Å². The van der Waals surface area contributed by atoms with Gasteiger partial charge in [-0.2, -0.15) is 0 Å². The van der Waals surface area contributed by atoms with E-state index in [4.69, 9.17) is 0 Å². The number of carbonyl (C=O) groups is 1. The highest BCUT2D eigenvalue weighted by molar-refractivity contribution is 7.92. The van der Waals surface area contributed by atoms with Gasteiger partial charge in [-0.3, -0.25) is 19.6 Å². The molecule has 0 bridgehead atoms. The molecule has 3 aromatic rings. The molecule has 0 aliphatic heterocycles. The Hall–Kier alpha value is -3.79. The van der Waals surface area contributed by atoms with Gasteiger partial charge in [0.2, 0.25) is 0 Å². The van der Waals surface area contributed by atoms with Crippen LogP contribution in [0.25, 0.3) is 0 Å². The van der Waals surface area contributed by atoms with Gasteiger partial charge < -0.3 is 5.32 Å². The van der Waals surface area contributed by atoms with Gasteiger partial charge >= 0.3 is 0 Å². The Morgan fingerprint density at radius 3 is 2.32 bits per heavy atom. The normalized spacial score (nSPS) is 11.1. The predicted octanol–water partition coefficient (Wildman–Crippen LogP) is 4.40. The predicted molar refractivity (Wildman–Crippen MR) is 114 cm³/mol. The molecule has 8 nitrogen and oxygen atoms in total. The molecule has 0 unspecified atom stereocenters. The lowest BCUT2D eigenvalue weighted by Gasteiger charge is -2.11. The molecule has 0 atom stereocenters. The summed E-state index contributed by atoms with van der Waals surface area (Å²) in [5.41, 5.74) is 1.15. The fourth-order valence-corrected chi connectivity index (χ4v) is 3.98. The number of aryl methyl sites for hydroxylation is 1. The maximum absolute atomic E-state index is 13.4. The number of sulfonamides is 1. The lowest BCUT2D eigenvalue weighted by Crippen LogP contribution is -2.15.